The zero-order valence-corrected chi connectivity index (χ0v) is 11.2. The van der Waals surface area contributed by atoms with Gasteiger partial charge in [-0.1, -0.05) is 0 Å². The van der Waals surface area contributed by atoms with Crippen LogP contribution in [0.2, 0.25) is 0 Å². The molecule has 98 valence electrons. The largest absolute Gasteiger partial charge is 0.633 e. The molecule has 5 rings (SSSR count). The third-order valence-corrected chi connectivity index (χ3v) is 6.88. The maximum absolute atomic E-state index is 13.0. The summed E-state index contributed by atoms with van der Waals surface area (Å²) < 4.78 is 0. The van der Waals surface area contributed by atoms with Gasteiger partial charge in [0.1, 0.15) is 5.54 Å². The van der Waals surface area contributed by atoms with Crippen molar-refractivity contribution in [3.8, 4) is 12.3 Å². The summed E-state index contributed by atoms with van der Waals surface area (Å²) >= 11 is 0. The van der Waals surface area contributed by atoms with E-state index < -0.39 is 5.54 Å². The van der Waals surface area contributed by atoms with Crippen LogP contribution in [0.3, 0.4) is 0 Å². The monoisotopic (exact) mass is 245 g/mol. The molecule has 5 fully saturated rings. The maximum atomic E-state index is 13.0. The van der Waals surface area contributed by atoms with Crippen molar-refractivity contribution < 1.29 is 5.06 Å². The predicted molar refractivity (Wildman–Crippen MR) is 70.6 cm³/mol. The van der Waals surface area contributed by atoms with Crippen molar-refractivity contribution in [2.45, 2.75) is 62.9 Å². The summed E-state index contributed by atoms with van der Waals surface area (Å²) in [4.78, 5) is 0. The Labute approximate surface area is 110 Å². The van der Waals surface area contributed by atoms with E-state index in [-0.39, 0.29) is 5.54 Å². The Bertz CT molecular complexity index is 395. The number of hydrogen-bond donors (Lipinski definition) is 1. The second-order valence-corrected chi connectivity index (χ2v) is 7.65. The summed E-state index contributed by atoms with van der Waals surface area (Å²) in [7, 11) is 0. The van der Waals surface area contributed by atoms with E-state index in [1.54, 1.807) is 0 Å². The Morgan fingerprint density at radius 1 is 1.06 bits per heavy atom. The molecule has 4 aliphatic carbocycles. The van der Waals surface area contributed by atoms with Crippen LogP contribution in [0.15, 0.2) is 0 Å². The van der Waals surface area contributed by atoms with E-state index in [9.17, 15) is 5.21 Å². The van der Waals surface area contributed by atoms with Gasteiger partial charge in [0.25, 0.3) is 0 Å². The summed E-state index contributed by atoms with van der Waals surface area (Å²) in [5, 5.41) is 13.5. The Hall–Kier alpha value is -0.520. The number of hydrogen-bond acceptors (Lipinski definition) is 1. The molecule has 2 unspecified atom stereocenters. The molecule has 4 bridgehead atoms. The van der Waals surface area contributed by atoms with Gasteiger partial charge in [-0.3, -0.25) is 0 Å². The van der Waals surface area contributed by atoms with Crippen molar-refractivity contribution in [1.82, 2.24) is 0 Å². The molecule has 0 aromatic carbocycles. The lowest BCUT2D eigenvalue weighted by Gasteiger charge is -2.62. The van der Waals surface area contributed by atoms with Gasteiger partial charge < -0.3 is 10.3 Å². The van der Waals surface area contributed by atoms with Gasteiger partial charge in [-0.15, -0.1) is 6.42 Å². The highest BCUT2D eigenvalue weighted by Gasteiger charge is 2.66. The lowest BCUT2D eigenvalue weighted by molar-refractivity contribution is -0.942. The molecule has 0 aromatic heterocycles. The van der Waals surface area contributed by atoms with E-state index in [1.807, 2.05) is 6.92 Å². The molecule has 1 aliphatic heterocycles. The zero-order chi connectivity index (χ0) is 12.5. The first-order valence-electron chi connectivity index (χ1n) is 7.61. The van der Waals surface area contributed by atoms with E-state index in [4.69, 9.17) is 6.42 Å². The Morgan fingerprint density at radius 3 is 2.06 bits per heavy atom. The van der Waals surface area contributed by atoms with Gasteiger partial charge >= 0.3 is 0 Å². The fourth-order valence-corrected chi connectivity index (χ4v) is 6.14. The summed E-state index contributed by atoms with van der Waals surface area (Å²) in [5.41, 5.74) is -0.441. The number of nitrogens with one attached hydrogen (secondary N) is 1. The fourth-order valence-electron chi connectivity index (χ4n) is 6.14. The molecule has 1 saturated heterocycles. The minimum atomic E-state index is -0.449. The number of terminal acetylenes is 1. The summed E-state index contributed by atoms with van der Waals surface area (Å²) in [6.45, 7) is 2.01. The topological polar surface area (TPSA) is 27.5 Å². The maximum Gasteiger partial charge on any atom is 0.156 e. The van der Waals surface area contributed by atoms with Crippen molar-refractivity contribution in [1.29, 1.82) is 0 Å². The fraction of sp³-hybridized carbons (Fsp3) is 0.875. The average molecular weight is 245 g/mol. The molecule has 2 nitrogen and oxygen atoms in total. The van der Waals surface area contributed by atoms with Gasteiger partial charge in [-0.25, -0.2) is 0 Å². The van der Waals surface area contributed by atoms with Crippen LogP contribution in [-0.2, 0) is 0 Å². The van der Waals surface area contributed by atoms with Crippen LogP contribution in [0.25, 0.3) is 0 Å². The first kappa shape index (κ1) is 11.3. The normalized spacial score (nSPS) is 61.3. The van der Waals surface area contributed by atoms with Gasteiger partial charge in [-0.05, 0) is 49.9 Å². The van der Waals surface area contributed by atoms with Crippen LogP contribution in [0.5, 0.6) is 0 Å². The molecule has 1 spiro atoms. The molecular weight excluding hydrogens is 222 g/mol. The first-order chi connectivity index (χ1) is 8.58. The molecule has 2 atom stereocenters. The molecule has 1 heterocycles. The van der Waals surface area contributed by atoms with Crippen molar-refractivity contribution in [2.24, 2.45) is 23.7 Å². The minimum absolute atomic E-state index is 0.00847. The molecule has 0 radical (unpaired) electrons. The van der Waals surface area contributed by atoms with Crippen molar-refractivity contribution in [3.05, 3.63) is 5.21 Å². The SMILES string of the molecule is C#CC1(C)CCC2(C3CC4CC(C3)CC2C4)[NH+]1[O-]. The van der Waals surface area contributed by atoms with Crippen LogP contribution in [-0.4, -0.2) is 11.1 Å². The standard InChI is InChI=1S/C16H23NO/c1-3-15(2)4-5-16(17(15)18)13-7-11-6-12(9-13)10-14(16)8-11/h1,11-14,17H,4-10H2,2H3. The van der Waals surface area contributed by atoms with Crippen LogP contribution < -0.4 is 5.06 Å². The zero-order valence-electron chi connectivity index (χ0n) is 11.2. The molecule has 18 heavy (non-hydrogen) atoms. The molecule has 4 saturated carbocycles. The highest BCUT2D eigenvalue weighted by molar-refractivity contribution is 5.16. The van der Waals surface area contributed by atoms with Crippen LogP contribution in [0.1, 0.15) is 51.9 Å². The van der Waals surface area contributed by atoms with Gasteiger partial charge in [0.2, 0.25) is 0 Å². The summed E-state index contributed by atoms with van der Waals surface area (Å²) in [6.07, 6.45) is 14.4. The van der Waals surface area contributed by atoms with Crippen LogP contribution in [0.4, 0.5) is 0 Å². The molecule has 0 amide bonds. The smallest absolute Gasteiger partial charge is 0.156 e. The molecule has 5 aliphatic rings. The Morgan fingerprint density at radius 2 is 1.61 bits per heavy atom. The average Bonchev–Trinajstić information content (AvgIpc) is 2.62. The minimum Gasteiger partial charge on any atom is -0.633 e. The van der Waals surface area contributed by atoms with E-state index in [2.05, 4.69) is 5.92 Å². The third kappa shape index (κ3) is 1.13. The van der Waals surface area contributed by atoms with Crippen LogP contribution >= 0.6 is 0 Å². The molecule has 0 aromatic rings. The highest BCUT2D eigenvalue weighted by atomic mass is 16.5. The number of hydroxylamine groups is 2. The Balaban J connectivity index is 1.75. The second-order valence-electron chi connectivity index (χ2n) is 7.65. The van der Waals surface area contributed by atoms with E-state index in [0.29, 0.717) is 16.9 Å². The number of rotatable bonds is 0. The molecule has 1 N–H and O–H groups in total. The van der Waals surface area contributed by atoms with Crippen molar-refractivity contribution in [2.75, 3.05) is 0 Å². The molecule has 2 heteroatoms. The highest BCUT2D eigenvalue weighted by Crippen LogP contribution is 2.59. The lowest BCUT2D eigenvalue weighted by atomic mass is 9.48. The van der Waals surface area contributed by atoms with Crippen molar-refractivity contribution in [3.63, 3.8) is 0 Å². The second kappa shape index (κ2) is 3.32. The van der Waals surface area contributed by atoms with Gasteiger partial charge in [-0.2, -0.15) is 0 Å². The molecular formula is C16H23NO. The summed E-state index contributed by atoms with van der Waals surface area (Å²) in [6, 6.07) is 0. The van der Waals surface area contributed by atoms with Crippen LogP contribution in [0, 0.1) is 41.2 Å². The first-order valence-corrected chi connectivity index (χ1v) is 7.61. The number of quaternary nitrogens is 1. The van der Waals surface area contributed by atoms with Gasteiger partial charge in [0.15, 0.2) is 5.54 Å². The van der Waals surface area contributed by atoms with E-state index in [0.717, 1.165) is 24.7 Å². The third-order valence-electron chi connectivity index (χ3n) is 6.88. The summed E-state index contributed by atoms with van der Waals surface area (Å²) in [5.74, 6) is 6.05. The Kier molecular flexibility index (Phi) is 2.09. The lowest BCUT2D eigenvalue weighted by Crippen LogP contribution is -3.22. The predicted octanol–water partition coefficient (Wildman–Crippen LogP) is 1.75. The van der Waals surface area contributed by atoms with Gasteiger partial charge in [0.05, 0.1) is 0 Å². The van der Waals surface area contributed by atoms with Gasteiger partial charge in [0, 0.05) is 31.6 Å². The quantitative estimate of drug-likeness (QED) is 0.511. The van der Waals surface area contributed by atoms with E-state index >= 15 is 0 Å². The van der Waals surface area contributed by atoms with Crippen molar-refractivity contribution >= 4 is 0 Å². The van der Waals surface area contributed by atoms with E-state index in [1.165, 1.54) is 32.1 Å².